The fraction of sp³-hybridized carbons (Fsp3) is 0.682. The van der Waals surface area contributed by atoms with E-state index in [9.17, 15) is 0 Å². The minimum Gasteiger partial charge on any atom is -0.381 e. The Bertz CT molecular complexity index is 666. The molecule has 0 bridgehead atoms. The highest BCUT2D eigenvalue weighted by Gasteiger charge is 2.42. The maximum absolute atomic E-state index is 5.68. The van der Waals surface area contributed by atoms with Crippen molar-refractivity contribution in [2.75, 3.05) is 59.2 Å². The monoisotopic (exact) mass is 386 g/mol. The zero-order valence-electron chi connectivity index (χ0n) is 17.2. The number of rotatable bonds is 5. The third kappa shape index (κ3) is 4.85. The molecule has 0 aromatic heterocycles. The summed E-state index contributed by atoms with van der Waals surface area (Å²) >= 11 is 0. The second-order valence-corrected chi connectivity index (χ2v) is 8.35. The maximum atomic E-state index is 5.68. The Hall–Kier alpha value is -1.63. The summed E-state index contributed by atoms with van der Waals surface area (Å²) in [5.74, 6) is 1.05. The molecule has 1 atom stereocenters. The first-order valence-electron chi connectivity index (χ1n) is 10.8. The largest absolute Gasteiger partial charge is 0.381 e. The number of nitrogens with one attached hydrogen (secondary N) is 1. The van der Waals surface area contributed by atoms with Crippen LogP contribution in [0.2, 0.25) is 0 Å². The van der Waals surface area contributed by atoms with Crippen LogP contribution in [0.3, 0.4) is 0 Å². The molecule has 3 heterocycles. The number of likely N-dealkylation sites (tertiary alicyclic amines) is 1. The Morgan fingerprint density at radius 1 is 1.11 bits per heavy atom. The van der Waals surface area contributed by atoms with Crippen LogP contribution in [0, 0.1) is 5.41 Å². The average molecular weight is 387 g/mol. The molecule has 3 saturated heterocycles. The molecule has 1 spiro atoms. The molecule has 1 aromatic carbocycles. The number of hydrogen-bond acceptors (Lipinski definition) is 4. The van der Waals surface area contributed by atoms with Crippen molar-refractivity contribution in [3.05, 3.63) is 35.4 Å². The molecule has 28 heavy (non-hydrogen) atoms. The number of morpholine rings is 1. The fourth-order valence-corrected chi connectivity index (χ4v) is 4.52. The van der Waals surface area contributed by atoms with E-state index < -0.39 is 0 Å². The number of ether oxygens (including phenoxy) is 2. The van der Waals surface area contributed by atoms with Gasteiger partial charge in [0.1, 0.15) is 0 Å². The number of nitrogens with zero attached hydrogens (tertiary/aromatic N) is 3. The Labute approximate surface area is 168 Å². The number of hydrogen-bond donors (Lipinski definition) is 1. The van der Waals surface area contributed by atoms with Gasteiger partial charge in [0.15, 0.2) is 5.96 Å². The van der Waals surface area contributed by atoms with E-state index in [0.717, 1.165) is 78.2 Å². The molecule has 6 nitrogen and oxygen atoms in total. The van der Waals surface area contributed by atoms with E-state index in [1.165, 1.54) is 24.0 Å². The van der Waals surface area contributed by atoms with Crippen LogP contribution in [0.1, 0.15) is 30.9 Å². The van der Waals surface area contributed by atoms with Crippen molar-refractivity contribution in [1.29, 1.82) is 0 Å². The van der Waals surface area contributed by atoms with Gasteiger partial charge in [-0.3, -0.25) is 4.90 Å². The lowest BCUT2D eigenvalue weighted by atomic mass is 9.87. The molecule has 3 aliphatic rings. The van der Waals surface area contributed by atoms with Crippen LogP contribution in [0.15, 0.2) is 29.3 Å². The zero-order valence-corrected chi connectivity index (χ0v) is 17.2. The Morgan fingerprint density at radius 3 is 2.75 bits per heavy atom. The van der Waals surface area contributed by atoms with Crippen LogP contribution in [-0.2, 0) is 22.6 Å². The minimum absolute atomic E-state index is 0.355. The molecule has 3 aliphatic heterocycles. The molecule has 0 saturated carbocycles. The average Bonchev–Trinajstić information content (AvgIpc) is 3.36. The van der Waals surface area contributed by atoms with Crippen LogP contribution < -0.4 is 5.32 Å². The van der Waals surface area contributed by atoms with Crippen LogP contribution in [-0.4, -0.2) is 74.9 Å². The Morgan fingerprint density at radius 2 is 1.96 bits per heavy atom. The molecule has 3 fully saturated rings. The summed E-state index contributed by atoms with van der Waals surface area (Å²) in [5, 5.41) is 3.49. The SMILES string of the molecule is CCNC(=NCc1cccc(CN2CCOCC2)c1)N1CCC2(CCOC2)C1. The lowest BCUT2D eigenvalue weighted by Gasteiger charge is -2.26. The first-order valence-corrected chi connectivity index (χ1v) is 10.8. The van der Waals surface area contributed by atoms with Crippen LogP contribution in [0.4, 0.5) is 0 Å². The number of aliphatic imine (C=N–C) groups is 1. The fourth-order valence-electron chi connectivity index (χ4n) is 4.52. The summed E-state index contributed by atoms with van der Waals surface area (Å²) in [6.07, 6.45) is 2.40. The third-order valence-corrected chi connectivity index (χ3v) is 6.17. The highest BCUT2D eigenvalue weighted by atomic mass is 16.5. The summed E-state index contributed by atoms with van der Waals surface area (Å²) in [5.41, 5.74) is 3.00. The molecule has 1 unspecified atom stereocenters. The van der Waals surface area contributed by atoms with Crippen molar-refractivity contribution in [1.82, 2.24) is 15.1 Å². The van der Waals surface area contributed by atoms with Crippen molar-refractivity contribution in [3.8, 4) is 0 Å². The van der Waals surface area contributed by atoms with Crippen molar-refractivity contribution in [3.63, 3.8) is 0 Å². The standard InChI is InChI=1S/C22H34N4O2/c1-2-23-21(26-8-6-22(17-26)7-11-28-18-22)24-15-19-4-3-5-20(14-19)16-25-9-12-27-13-10-25/h3-5,14H,2,6-13,15-18H2,1H3,(H,23,24). The number of guanidine groups is 1. The van der Waals surface area contributed by atoms with E-state index in [2.05, 4.69) is 46.3 Å². The van der Waals surface area contributed by atoms with E-state index in [1.807, 2.05) is 0 Å². The Kier molecular flexibility index (Phi) is 6.50. The maximum Gasteiger partial charge on any atom is 0.194 e. The second-order valence-electron chi connectivity index (χ2n) is 8.35. The molecule has 0 aliphatic carbocycles. The highest BCUT2D eigenvalue weighted by Crippen LogP contribution is 2.38. The van der Waals surface area contributed by atoms with Crippen molar-refractivity contribution in [2.45, 2.75) is 32.9 Å². The van der Waals surface area contributed by atoms with E-state index >= 15 is 0 Å². The van der Waals surface area contributed by atoms with Gasteiger partial charge in [0.05, 0.1) is 26.4 Å². The lowest BCUT2D eigenvalue weighted by molar-refractivity contribution is 0.0342. The first kappa shape index (κ1) is 19.7. The molecule has 4 rings (SSSR count). The van der Waals surface area contributed by atoms with E-state index in [4.69, 9.17) is 14.5 Å². The van der Waals surface area contributed by atoms with E-state index in [1.54, 1.807) is 0 Å². The summed E-state index contributed by atoms with van der Waals surface area (Å²) in [6, 6.07) is 8.87. The van der Waals surface area contributed by atoms with Crippen molar-refractivity contribution < 1.29 is 9.47 Å². The van der Waals surface area contributed by atoms with Gasteiger partial charge in [0.2, 0.25) is 0 Å². The molecule has 6 heteroatoms. The summed E-state index contributed by atoms with van der Waals surface area (Å²) in [6.45, 7) is 12.5. The smallest absolute Gasteiger partial charge is 0.194 e. The molecule has 0 amide bonds. The van der Waals surface area contributed by atoms with Gasteiger partial charge in [-0.05, 0) is 30.9 Å². The normalized spacial score (nSPS) is 26.3. The van der Waals surface area contributed by atoms with Crippen molar-refractivity contribution >= 4 is 5.96 Å². The highest BCUT2D eigenvalue weighted by molar-refractivity contribution is 5.80. The van der Waals surface area contributed by atoms with Gasteiger partial charge in [-0.2, -0.15) is 0 Å². The van der Waals surface area contributed by atoms with Gasteiger partial charge in [-0.15, -0.1) is 0 Å². The van der Waals surface area contributed by atoms with Gasteiger partial charge in [0, 0.05) is 51.3 Å². The molecule has 0 radical (unpaired) electrons. The molecule has 1 aromatic rings. The summed E-state index contributed by atoms with van der Waals surface area (Å²) < 4.78 is 11.1. The van der Waals surface area contributed by atoms with Gasteiger partial charge in [0.25, 0.3) is 0 Å². The zero-order chi connectivity index (χ0) is 19.2. The molecule has 154 valence electrons. The summed E-state index contributed by atoms with van der Waals surface area (Å²) in [7, 11) is 0. The van der Waals surface area contributed by atoms with Crippen LogP contribution >= 0.6 is 0 Å². The van der Waals surface area contributed by atoms with Crippen LogP contribution in [0.5, 0.6) is 0 Å². The molecule has 1 N–H and O–H groups in total. The predicted octanol–water partition coefficient (Wildman–Crippen LogP) is 2.10. The lowest BCUT2D eigenvalue weighted by Crippen LogP contribution is -2.41. The molecular weight excluding hydrogens is 352 g/mol. The van der Waals surface area contributed by atoms with Crippen LogP contribution in [0.25, 0.3) is 0 Å². The molecular formula is C22H34N4O2. The van der Waals surface area contributed by atoms with E-state index in [-0.39, 0.29) is 0 Å². The van der Waals surface area contributed by atoms with Gasteiger partial charge in [-0.25, -0.2) is 4.99 Å². The minimum atomic E-state index is 0.355. The number of benzene rings is 1. The third-order valence-electron chi connectivity index (χ3n) is 6.17. The van der Waals surface area contributed by atoms with Gasteiger partial charge in [-0.1, -0.05) is 24.3 Å². The second kappa shape index (κ2) is 9.25. The van der Waals surface area contributed by atoms with E-state index in [0.29, 0.717) is 5.41 Å². The van der Waals surface area contributed by atoms with Gasteiger partial charge < -0.3 is 19.7 Å². The first-order chi connectivity index (χ1) is 13.8. The Balaban J connectivity index is 1.38. The summed E-state index contributed by atoms with van der Waals surface area (Å²) in [4.78, 5) is 9.85. The predicted molar refractivity (Wildman–Crippen MR) is 111 cm³/mol. The quantitative estimate of drug-likeness (QED) is 0.620. The van der Waals surface area contributed by atoms with Gasteiger partial charge >= 0.3 is 0 Å². The topological polar surface area (TPSA) is 49.3 Å². The van der Waals surface area contributed by atoms with Crippen molar-refractivity contribution in [2.24, 2.45) is 10.4 Å².